The SMILES string of the molecule is CC[C@@H]1CNC(CNC(=O)c2[nH]c3ccccc3c2-c2ccc(F)cc2)C1. The molecule has 0 radical (unpaired) electrons. The molecule has 1 saturated heterocycles. The number of nitrogens with one attached hydrogen (secondary N) is 3. The Labute approximate surface area is 158 Å². The summed E-state index contributed by atoms with van der Waals surface area (Å²) in [6.07, 6.45) is 2.25. The third-order valence-electron chi connectivity index (χ3n) is 5.47. The second-order valence-corrected chi connectivity index (χ2v) is 7.25. The molecule has 2 heterocycles. The number of hydrogen-bond donors (Lipinski definition) is 3. The Morgan fingerprint density at radius 3 is 2.70 bits per heavy atom. The van der Waals surface area contributed by atoms with Gasteiger partial charge in [-0.3, -0.25) is 4.79 Å². The molecule has 140 valence electrons. The van der Waals surface area contributed by atoms with E-state index in [1.54, 1.807) is 12.1 Å². The average Bonchev–Trinajstić information content (AvgIpc) is 3.31. The van der Waals surface area contributed by atoms with Crippen LogP contribution < -0.4 is 10.6 Å². The Morgan fingerprint density at radius 2 is 1.96 bits per heavy atom. The number of benzene rings is 2. The van der Waals surface area contributed by atoms with Crippen LogP contribution in [0.15, 0.2) is 48.5 Å². The van der Waals surface area contributed by atoms with E-state index in [9.17, 15) is 9.18 Å². The van der Waals surface area contributed by atoms with Crippen molar-refractivity contribution in [3.63, 3.8) is 0 Å². The van der Waals surface area contributed by atoms with Crippen LogP contribution in [-0.4, -0.2) is 30.0 Å². The number of amides is 1. The van der Waals surface area contributed by atoms with Crippen LogP contribution in [0.3, 0.4) is 0 Å². The summed E-state index contributed by atoms with van der Waals surface area (Å²) in [6, 6.07) is 14.4. The third kappa shape index (κ3) is 3.60. The van der Waals surface area contributed by atoms with Crippen LogP contribution in [-0.2, 0) is 0 Å². The van der Waals surface area contributed by atoms with Gasteiger partial charge in [-0.15, -0.1) is 0 Å². The number of carbonyl (C=O) groups is 1. The highest BCUT2D eigenvalue weighted by Gasteiger charge is 2.24. The summed E-state index contributed by atoms with van der Waals surface area (Å²) >= 11 is 0. The van der Waals surface area contributed by atoms with Crippen molar-refractivity contribution < 1.29 is 9.18 Å². The van der Waals surface area contributed by atoms with Gasteiger partial charge in [-0.25, -0.2) is 4.39 Å². The molecule has 3 aromatic rings. The molecule has 4 nitrogen and oxygen atoms in total. The molecule has 1 fully saturated rings. The van der Waals surface area contributed by atoms with Gasteiger partial charge in [0.25, 0.3) is 5.91 Å². The number of para-hydroxylation sites is 1. The first kappa shape index (κ1) is 17.7. The minimum Gasteiger partial charge on any atom is -0.350 e. The van der Waals surface area contributed by atoms with Crippen molar-refractivity contribution in [3.8, 4) is 11.1 Å². The minimum absolute atomic E-state index is 0.132. The number of aromatic nitrogens is 1. The molecule has 27 heavy (non-hydrogen) atoms. The highest BCUT2D eigenvalue weighted by atomic mass is 19.1. The maximum Gasteiger partial charge on any atom is 0.268 e. The highest BCUT2D eigenvalue weighted by Crippen LogP contribution is 2.32. The quantitative estimate of drug-likeness (QED) is 0.638. The van der Waals surface area contributed by atoms with E-state index < -0.39 is 0 Å². The number of halogens is 1. The van der Waals surface area contributed by atoms with Crippen LogP contribution in [0.1, 0.15) is 30.3 Å². The molecule has 2 atom stereocenters. The minimum atomic E-state index is -0.289. The van der Waals surface area contributed by atoms with Gasteiger partial charge in [-0.2, -0.15) is 0 Å². The van der Waals surface area contributed by atoms with E-state index in [0.717, 1.165) is 41.4 Å². The van der Waals surface area contributed by atoms with Crippen LogP contribution >= 0.6 is 0 Å². The first-order chi connectivity index (χ1) is 13.2. The molecule has 4 rings (SSSR count). The Hall–Kier alpha value is -2.66. The second-order valence-electron chi connectivity index (χ2n) is 7.25. The van der Waals surface area contributed by atoms with Gasteiger partial charge in [-0.1, -0.05) is 43.7 Å². The Morgan fingerprint density at radius 1 is 1.19 bits per heavy atom. The molecular formula is C22H24FN3O. The number of carbonyl (C=O) groups excluding carboxylic acids is 1. The average molecular weight is 365 g/mol. The summed E-state index contributed by atoms with van der Waals surface area (Å²) in [4.78, 5) is 16.2. The molecule has 1 amide bonds. The molecule has 1 aliphatic rings. The normalized spacial score (nSPS) is 19.5. The van der Waals surface area contributed by atoms with Gasteiger partial charge in [0.15, 0.2) is 0 Å². The van der Waals surface area contributed by atoms with Crippen LogP contribution in [0.25, 0.3) is 22.0 Å². The zero-order valence-corrected chi connectivity index (χ0v) is 15.4. The first-order valence-electron chi connectivity index (χ1n) is 9.54. The molecule has 0 bridgehead atoms. The van der Waals surface area contributed by atoms with Crippen LogP contribution in [0, 0.1) is 11.7 Å². The van der Waals surface area contributed by atoms with Crippen molar-refractivity contribution in [1.82, 2.24) is 15.6 Å². The van der Waals surface area contributed by atoms with E-state index in [2.05, 4.69) is 22.5 Å². The predicted molar refractivity (Wildman–Crippen MR) is 106 cm³/mol. The Kier molecular flexibility index (Phi) is 4.94. The van der Waals surface area contributed by atoms with Gasteiger partial charge in [0.1, 0.15) is 11.5 Å². The fraction of sp³-hybridized carbons (Fsp3) is 0.318. The molecular weight excluding hydrogens is 341 g/mol. The van der Waals surface area contributed by atoms with E-state index in [-0.39, 0.29) is 11.7 Å². The van der Waals surface area contributed by atoms with Crippen molar-refractivity contribution in [2.45, 2.75) is 25.8 Å². The molecule has 2 aromatic carbocycles. The lowest BCUT2D eigenvalue weighted by atomic mass is 10.0. The second kappa shape index (κ2) is 7.53. The fourth-order valence-electron chi connectivity index (χ4n) is 3.90. The van der Waals surface area contributed by atoms with Crippen molar-refractivity contribution in [2.75, 3.05) is 13.1 Å². The maximum atomic E-state index is 13.4. The van der Waals surface area contributed by atoms with Crippen molar-refractivity contribution in [3.05, 3.63) is 60.0 Å². The van der Waals surface area contributed by atoms with Gasteiger partial charge < -0.3 is 15.6 Å². The highest BCUT2D eigenvalue weighted by molar-refractivity contribution is 6.09. The molecule has 1 unspecified atom stereocenters. The van der Waals surface area contributed by atoms with Crippen molar-refractivity contribution in [1.29, 1.82) is 0 Å². The molecule has 5 heteroatoms. The molecule has 1 aromatic heterocycles. The lowest BCUT2D eigenvalue weighted by Gasteiger charge is -2.12. The standard InChI is InChI=1S/C22H24FN3O/c1-2-14-11-17(24-12-14)13-25-22(27)21-20(15-7-9-16(23)10-8-15)18-5-3-4-6-19(18)26-21/h3-10,14,17,24,26H,2,11-13H2,1H3,(H,25,27)/t14-,17?/m0/s1. The zero-order valence-electron chi connectivity index (χ0n) is 15.4. The van der Waals surface area contributed by atoms with Crippen molar-refractivity contribution >= 4 is 16.8 Å². The molecule has 1 aliphatic heterocycles. The summed E-state index contributed by atoms with van der Waals surface area (Å²) in [5, 5.41) is 7.50. The smallest absolute Gasteiger partial charge is 0.268 e. The summed E-state index contributed by atoms with van der Waals surface area (Å²) in [5.74, 6) is 0.268. The monoisotopic (exact) mass is 365 g/mol. The molecule has 0 spiro atoms. The van der Waals surface area contributed by atoms with Gasteiger partial charge in [0.05, 0.1) is 0 Å². The molecule has 0 aliphatic carbocycles. The van der Waals surface area contributed by atoms with Crippen molar-refractivity contribution in [2.24, 2.45) is 5.92 Å². The van der Waals surface area contributed by atoms with E-state index >= 15 is 0 Å². The van der Waals surface area contributed by atoms with Crippen LogP contribution in [0.2, 0.25) is 0 Å². The van der Waals surface area contributed by atoms with E-state index in [1.165, 1.54) is 12.1 Å². The summed E-state index contributed by atoms with van der Waals surface area (Å²) in [5.41, 5.74) is 3.05. The van der Waals surface area contributed by atoms with E-state index in [0.29, 0.717) is 24.2 Å². The fourth-order valence-corrected chi connectivity index (χ4v) is 3.90. The number of hydrogen-bond acceptors (Lipinski definition) is 2. The predicted octanol–water partition coefficient (Wildman–Crippen LogP) is 4.09. The van der Waals surface area contributed by atoms with Crippen LogP contribution in [0.4, 0.5) is 4.39 Å². The van der Waals surface area contributed by atoms with Gasteiger partial charge in [0, 0.05) is 29.1 Å². The number of fused-ring (bicyclic) bond motifs is 1. The number of rotatable bonds is 5. The van der Waals surface area contributed by atoms with E-state index in [4.69, 9.17) is 0 Å². The molecule has 0 saturated carbocycles. The lowest BCUT2D eigenvalue weighted by Crippen LogP contribution is -2.37. The lowest BCUT2D eigenvalue weighted by molar-refractivity contribution is 0.0946. The number of H-pyrrole nitrogens is 1. The maximum absolute atomic E-state index is 13.4. The summed E-state index contributed by atoms with van der Waals surface area (Å²) in [6.45, 7) is 3.82. The van der Waals surface area contributed by atoms with Gasteiger partial charge >= 0.3 is 0 Å². The summed E-state index contributed by atoms with van der Waals surface area (Å²) < 4.78 is 13.4. The number of aromatic amines is 1. The third-order valence-corrected chi connectivity index (χ3v) is 5.47. The summed E-state index contributed by atoms with van der Waals surface area (Å²) in [7, 11) is 0. The van der Waals surface area contributed by atoms with Crippen LogP contribution in [0.5, 0.6) is 0 Å². The van der Waals surface area contributed by atoms with Gasteiger partial charge in [-0.05, 0) is 42.6 Å². The van der Waals surface area contributed by atoms with Gasteiger partial charge in [0.2, 0.25) is 0 Å². The first-order valence-corrected chi connectivity index (χ1v) is 9.54. The Bertz CT molecular complexity index is 948. The molecule has 3 N–H and O–H groups in total. The largest absolute Gasteiger partial charge is 0.350 e. The van der Waals surface area contributed by atoms with E-state index in [1.807, 2.05) is 24.3 Å². The zero-order chi connectivity index (χ0) is 18.8. The Balaban J connectivity index is 1.62. The topological polar surface area (TPSA) is 56.9 Å².